The summed E-state index contributed by atoms with van der Waals surface area (Å²) in [5, 5.41) is 3.38. The van der Waals surface area contributed by atoms with Gasteiger partial charge in [0.15, 0.2) is 0 Å². The number of nitrogens with one attached hydrogen (secondary N) is 1. The van der Waals surface area contributed by atoms with Crippen LogP contribution in [0.3, 0.4) is 0 Å². The highest BCUT2D eigenvalue weighted by atomic mass is 16.6. The monoisotopic (exact) mass is 316 g/mol. The van der Waals surface area contributed by atoms with Crippen molar-refractivity contribution in [2.75, 3.05) is 40.5 Å². The van der Waals surface area contributed by atoms with Crippen molar-refractivity contribution >= 4 is 6.09 Å². The Labute approximate surface area is 134 Å². The van der Waals surface area contributed by atoms with Crippen molar-refractivity contribution in [1.29, 1.82) is 0 Å². The van der Waals surface area contributed by atoms with E-state index < -0.39 is 5.60 Å². The van der Waals surface area contributed by atoms with Gasteiger partial charge in [0.05, 0.1) is 12.7 Å². The van der Waals surface area contributed by atoms with Gasteiger partial charge in [-0.3, -0.25) is 0 Å². The number of amides is 1. The molecule has 0 aromatic carbocycles. The quantitative estimate of drug-likeness (QED) is 0.779. The van der Waals surface area contributed by atoms with Crippen LogP contribution >= 0.6 is 0 Å². The van der Waals surface area contributed by atoms with Gasteiger partial charge >= 0.3 is 6.09 Å². The molecule has 2 atom stereocenters. The van der Waals surface area contributed by atoms with E-state index in [-0.39, 0.29) is 18.2 Å². The van der Waals surface area contributed by atoms with Crippen molar-refractivity contribution < 1.29 is 19.0 Å². The summed E-state index contributed by atoms with van der Waals surface area (Å²) in [5.74, 6) is 0. The summed E-state index contributed by atoms with van der Waals surface area (Å²) in [6, 6.07) is 0.184. The second-order valence-electron chi connectivity index (χ2n) is 6.79. The second-order valence-corrected chi connectivity index (χ2v) is 6.79. The number of hydrogen-bond acceptors (Lipinski definition) is 5. The van der Waals surface area contributed by atoms with Crippen molar-refractivity contribution in [1.82, 2.24) is 10.2 Å². The number of piperidine rings is 1. The summed E-state index contributed by atoms with van der Waals surface area (Å²) in [4.78, 5) is 14.2. The Morgan fingerprint density at radius 2 is 2.05 bits per heavy atom. The Kier molecular flexibility index (Phi) is 8.14. The van der Waals surface area contributed by atoms with Gasteiger partial charge in [-0.05, 0) is 40.0 Å². The van der Waals surface area contributed by atoms with Crippen LogP contribution in [0.2, 0.25) is 0 Å². The maximum atomic E-state index is 12.3. The smallest absolute Gasteiger partial charge is 0.410 e. The van der Waals surface area contributed by atoms with Crippen molar-refractivity contribution in [2.45, 2.75) is 57.8 Å². The van der Waals surface area contributed by atoms with Gasteiger partial charge in [-0.25, -0.2) is 4.79 Å². The molecule has 0 aliphatic carbocycles. The molecular weight excluding hydrogens is 284 g/mol. The molecule has 1 N–H and O–H groups in total. The average molecular weight is 316 g/mol. The van der Waals surface area contributed by atoms with Gasteiger partial charge in [-0.1, -0.05) is 0 Å². The van der Waals surface area contributed by atoms with Crippen LogP contribution in [0.15, 0.2) is 0 Å². The third-order valence-corrected chi connectivity index (χ3v) is 3.69. The van der Waals surface area contributed by atoms with E-state index >= 15 is 0 Å². The zero-order valence-electron chi connectivity index (χ0n) is 14.7. The molecule has 1 fully saturated rings. The van der Waals surface area contributed by atoms with E-state index in [0.717, 1.165) is 32.4 Å². The van der Waals surface area contributed by atoms with E-state index in [2.05, 4.69) is 5.32 Å². The molecule has 0 saturated carbocycles. The predicted octanol–water partition coefficient (Wildman–Crippen LogP) is 2.03. The van der Waals surface area contributed by atoms with Crippen molar-refractivity contribution in [3.8, 4) is 0 Å². The third-order valence-electron chi connectivity index (χ3n) is 3.69. The van der Waals surface area contributed by atoms with Crippen LogP contribution < -0.4 is 5.32 Å². The average Bonchev–Trinajstić information content (AvgIpc) is 2.45. The Hall–Kier alpha value is -0.850. The molecule has 1 amide bonds. The number of rotatable bonds is 7. The first-order chi connectivity index (χ1) is 10.4. The highest BCUT2D eigenvalue weighted by Crippen LogP contribution is 2.20. The first-order valence-corrected chi connectivity index (χ1v) is 8.09. The van der Waals surface area contributed by atoms with Gasteiger partial charge in [-0.2, -0.15) is 0 Å². The minimum Gasteiger partial charge on any atom is -0.444 e. The minimum atomic E-state index is -0.452. The molecule has 1 heterocycles. The molecule has 22 heavy (non-hydrogen) atoms. The fourth-order valence-corrected chi connectivity index (χ4v) is 2.58. The number of carbonyl (C=O) groups is 1. The molecular formula is C16H32N2O4. The molecule has 0 spiro atoms. The molecule has 0 radical (unpaired) electrons. The van der Waals surface area contributed by atoms with E-state index in [9.17, 15) is 4.79 Å². The van der Waals surface area contributed by atoms with Crippen LogP contribution in [0, 0.1) is 0 Å². The highest BCUT2D eigenvalue weighted by Gasteiger charge is 2.30. The zero-order valence-corrected chi connectivity index (χ0v) is 14.7. The van der Waals surface area contributed by atoms with E-state index in [1.165, 1.54) is 0 Å². The number of hydrogen-bond donors (Lipinski definition) is 1. The first kappa shape index (κ1) is 19.2. The van der Waals surface area contributed by atoms with Gasteiger partial charge < -0.3 is 24.4 Å². The Bertz CT molecular complexity index is 331. The molecule has 130 valence electrons. The minimum absolute atomic E-state index is 0.0311. The van der Waals surface area contributed by atoms with Crippen LogP contribution in [-0.4, -0.2) is 69.2 Å². The largest absolute Gasteiger partial charge is 0.444 e. The number of methoxy groups -OCH3 is 2. The number of nitrogens with zero attached hydrogens (tertiary/aromatic N) is 1. The Morgan fingerprint density at radius 1 is 1.32 bits per heavy atom. The van der Waals surface area contributed by atoms with Crippen LogP contribution in [0.5, 0.6) is 0 Å². The summed E-state index contributed by atoms with van der Waals surface area (Å²) in [6.45, 7) is 8.49. The fourth-order valence-electron chi connectivity index (χ4n) is 2.58. The van der Waals surface area contributed by atoms with Crippen molar-refractivity contribution in [2.24, 2.45) is 0 Å². The SMILES string of the molecule is COCC(CNCC1CCCCN1C(=O)OC(C)(C)C)OC. The topological polar surface area (TPSA) is 60.0 Å². The molecule has 1 saturated heterocycles. The molecule has 6 nitrogen and oxygen atoms in total. The molecule has 0 bridgehead atoms. The Balaban J connectivity index is 2.46. The molecule has 0 aromatic heterocycles. The van der Waals surface area contributed by atoms with Gasteiger partial charge in [0.25, 0.3) is 0 Å². The highest BCUT2D eigenvalue weighted by molar-refractivity contribution is 5.68. The van der Waals surface area contributed by atoms with E-state index in [4.69, 9.17) is 14.2 Å². The summed E-state index contributed by atoms with van der Waals surface area (Å²) < 4.78 is 15.9. The molecule has 1 rings (SSSR count). The molecule has 1 aliphatic rings. The number of carbonyl (C=O) groups excluding carboxylic acids is 1. The lowest BCUT2D eigenvalue weighted by atomic mass is 10.0. The van der Waals surface area contributed by atoms with Gasteiger partial charge in [0, 0.05) is 39.9 Å². The lowest BCUT2D eigenvalue weighted by Crippen LogP contribution is -2.51. The molecule has 6 heteroatoms. The molecule has 1 aliphatic heterocycles. The summed E-state index contributed by atoms with van der Waals surface area (Å²) in [7, 11) is 3.34. The van der Waals surface area contributed by atoms with Crippen LogP contribution in [0.25, 0.3) is 0 Å². The lowest BCUT2D eigenvalue weighted by molar-refractivity contribution is 0.00773. The standard InChI is InChI=1S/C16H32N2O4/c1-16(2,3)22-15(19)18-9-7-6-8-13(18)10-17-11-14(21-5)12-20-4/h13-14,17H,6-12H2,1-5H3. The van der Waals surface area contributed by atoms with Crippen molar-refractivity contribution in [3.63, 3.8) is 0 Å². The van der Waals surface area contributed by atoms with E-state index in [1.807, 2.05) is 25.7 Å². The zero-order chi connectivity index (χ0) is 16.6. The van der Waals surface area contributed by atoms with Gasteiger partial charge in [-0.15, -0.1) is 0 Å². The summed E-state index contributed by atoms with van der Waals surface area (Å²) in [6.07, 6.45) is 3.02. The Morgan fingerprint density at radius 3 is 2.64 bits per heavy atom. The fraction of sp³-hybridized carbons (Fsp3) is 0.938. The van der Waals surface area contributed by atoms with Gasteiger partial charge in [0.2, 0.25) is 0 Å². The summed E-state index contributed by atoms with van der Waals surface area (Å²) in [5.41, 5.74) is -0.452. The molecule has 2 unspecified atom stereocenters. The van der Waals surface area contributed by atoms with Crippen molar-refractivity contribution in [3.05, 3.63) is 0 Å². The first-order valence-electron chi connectivity index (χ1n) is 8.09. The second kappa shape index (κ2) is 9.33. The lowest BCUT2D eigenvalue weighted by Gasteiger charge is -2.37. The third kappa shape index (κ3) is 6.94. The number of ether oxygens (including phenoxy) is 3. The van der Waals surface area contributed by atoms with Crippen LogP contribution in [0.1, 0.15) is 40.0 Å². The maximum absolute atomic E-state index is 12.3. The number of likely N-dealkylation sites (tertiary alicyclic amines) is 1. The normalized spacial score (nSPS) is 20.8. The van der Waals surface area contributed by atoms with E-state index in [1.54, 1.807) is 14.2 Å². The predicted molar refractivity (Wildman–Crippen MR) is 86.1 cm³/mol. The van der Waals surface area contributed by atoms with E-state index in [0.29, 0.717) is 13.2 Å². The van der Waals surface area contributed by atoms with Crippen LogP contribution in [0.4, 0.5) is 4.79 Å². The summed E-state index contributed by atoms with van der Waals surface area (Å²) >= 11 is 0. The molecule has 0 aromatic rings. The maximum Gasteiger partial charge on any atom is 0.410 e. The van der Waals surface area contributed by atoms with Crippen LogP contribution in [-0.2, 0) is 14.2 Å². The van der Waals surface area contributed by atoms with Gasteiger partial charge in [0.1, 0.15) is 5.60 Å².